The minimum absolute atomic E-state index is 0.146. The van der Waals surface area contributed by atoms with Gasteiger partial charge in [0.15, 0.2) is 5.76 Å². The lowest BCUT2D eigenvalue weighted by atomic mass is 10.1. The maximum atomic E-state index is 12.5. The molecule has 1 fully saturated rings. The van der Waals surface area contributed by atoms with Crippen LogP contribution in [0.1, 0.15) is 34.4 Å². The molecular formula is C22H28N4O4. The summed E-state index contributed by atoms with van der Waals surface area (Å²) in [7, 11) is 0. The number of amides is 4. The van der Waals surface area contributed by atoms with Gasteiger partial charge in [-0.1, -0.05) is 17.7 Å². The highest BCUT2D eigenvalue weighted by molar-refractivity contribution is 6.03. The molecule has 0 radical (unpaired) electrons. The normalized spacial score (nSPS) is 15.5. The van der Waals surface area contributed by atoms with E-state index in [-0.39, 0.29) is 11.8 Å². The summed E-state index contributed by atoms with van der Waals surface area (Å²) in [6.45, 7) is 9.49. The van der Waals surface area contributed by atoms with Crippen LogP contribution in [0.25, 0.3) is 0 Å². The molecule has 1 aliphatic rings. The summed E-state index contributed by atoms with van der Waals surface area (Å²) in [6, 6.07) is 8.07. The zero-order valence-corrected chi connectivity index (χ0v) is 17.8. The molecule has 2 heterocycles. The smallest absolute Gasteiger partial charge is 0.325 e. The maximum absolute atomic E-state index is 12.5. The lowest BCUT2D eigenvalue weighted by Gasteiger charge is -2.37. The van der Waals surface area contributed by atoms with E-state index in [1.54, 1.807) is 30.9 Å². The van der Waals surface area contributed by atoms with Crippen molar-refractivity contribution in [2.24, 2.45) is 0 Å². The van der Waals surface area contributed by atoms with E-state index >= 15 is 0 Å². The number of nitrogens with zero attached hydrogens (tertiary/aromatic N) is 2. The molecule has 2 aromatic rings. The van der Waals surface area contributed by atoms with E-state index in [9.17, 15) is 14.4 Å². The Labute approximate surface area is 176 Å². The fourth-order valence-corrected chi connectivity index (χ4v) is 3.51. The van der Waals surface area contributed by atoms with E-state index in [1.807, 2.05) is 36.9 Å². The summed E-state index contributed by atoms with van der Waals surface area (Å²) in [6.07, 6.45) is 0. The van der Waals surface area contributed by atoms with Gasteiger partial charge < -0.3 is 14.6 Å². The number of piperazine rings is 1. The van der Waals surface area contributed by atoms with Crippen LogP contribution >= 0.6 is 0 Å². The molecule has 0 bridgehead atoms. The second-order valence-electron chi connectivity index (χ2n) is 7.68. The Balaban J connectivity index is 1.49. The Morgan fingerprint density at radius 1 is 1.00 bits per heavy atom. The van der Waals surface area contributed by atoms with Gasteiger partial charge in [-0.25, -0.2) is 4.79 Å². The predicted molar refractivity (Wildman–Crippen MR) is 113 cm³/mol. The molecule has 4 amide bonds. The predicted octanol–water partition coefficient (Wildman–Crippen LogP) is 2.70. The number of carbonyl (C=O) groups is 3. The third-order valence-corrected chi connectivity index (χ3v) is 5.35. The number of nitrogens with one attached hydrogen (secondary N) is 2. The summed E-state index contributed by atoms with van der Waals surface area (Å²) >= 11 is 0. The average molecular weight is 412 g/mol. The number of imide groups is 1. The lowest BCUT2D eigenvalue weighted by Crippen LogP contribution is -2.55. The molecule has 160 valence electrons. The Bertz CT molecular complexity index is 944. The summed E-state index contributed by atoms with van der Waals surface area (Å²) in [5, 5.41) is 5.12. The van der Waals surface area contributed by atoms with Gasteiger partial charge in [0.2, 0.25) is 5.91 Å². The van der Waals surface area contributed by atoms with Gasteiger partial charge in [-0.3, -0.25) is 19.8 Å². The van der Waals surface area contributed by atoms with Crippen molar-refractivity contribution >= 4 is 23.5 Å². The minimum atomic E-state index is -0.555. The molecule has 1 saturated heterocycles. The molecule has 1 aromatic carbocycles. The monoisotopic (exact) mass is 412 g/mol. The van der Waals surface area contributed by atoms with Crippen LogP contribution in [0.4, 0.5) is 10.5 Å². The van der Waals surface area contributed by atoms with Crippen LogP contribution in [-0.4, -0.2) is 59.9 Å². The van der Waals surface area contributed by atoms with E-state index in [0.29, 0.717) is 43.4 Å². The van der Waals surface area contributed by atoms with Crippen molar-refractivity contribution in [3.63, 3.8) is 0 Å². The molecule has 0 aliphatic carbocycles. The third-order valence-electron chi connectivity index (χ3n) is 5.35. The topological polar surface area (TPSA) is 94.9 Å². The summed E-state index contributed by atoms with van der Waals surface area (Å²) in [4.78, 5) is 40.9. The zero-order chi connectivity index (χ0) is 21.8. The van der Waals surface area contributed by atoms with E-state index in [1.165, 1.54) is 0 Å². The first-order chi connectivity index (χ1) is 14.2. The molecule has 8 nitrogen and oxygen atoms in total. The van der Waals surface area contributed by atoms with Crippen molar-refractivity contribution in [3.05, 3.63) is 53.0 Å². The number of aryl methyl sites for hydroxylation is 3. The fourth-order valence-electron chi connectivity index (χ4n) is 3.51. The van der Waals surface area contributed by atoms with Gasteiger partial charge >= 0.3 is 6.03 Å². The van der Waals surface area contributed by atoms with Crippen LogP contribution in [0, 0.1) is 20.8 Å². The Morgan fingerprint density at radius 2 is 1.70 bits per heavy atom. The van der Waals surface area contributed by atoms with Crippen molar-refractivity contribution in [1.82, 2.24) is 15.1 Å². The summed E-state index contributed by atoms with van der Waals surface area (Å²) in [5.74, 6) is 0.502. The number of hydrogen-bond donors (Lipinski definition) is 2. The first kappa shape index (κ1) is 21.6. The first-order valence-corrected chi connectivity index (χ1v) is 10.0. The highest BCUT2D eigenvalue weighted by Gasteiger charge is 2.29. The van der Waals surface area contributed by atoms with Gasteiger partial charge in [-0.15, -0.1) is 0 Å². The van der Waals surface area contributed by atoms with Crippen molar-refractivity contribution in [3.8, 4) is 0 Å². The number of rotatable bonds is 4. The van der Waals surface area contributed by atoms with E-state index in [2.05, 4.69) is 10.6 Å². The Morgan fingerprint density at radius 3 is 2.30 bits per heavy atom. The molecule has 2 N–H and O–H groups in total. The molecule has 1 aliphatic heterocycles. The van der Waals surface area contributed by atoms with Gasteiger partial charge in [0.25, 0.3) is 5.91 Å². The fraction of sp³-hybridized carbons (Fsp3) is 0.409. The largest absolute Gasteiger partial charge is 0.456 e. The maximum Gasteiger partial charge on any atom is 0.325 e. The Kier molecular flexibility index (Phi) is 6.56. The number of urea groups is 1. The van der Waals surface area contributed by atoms with Crippen molar-refractivity contribution in [2.45, 2.75) is 33.7 Å². The summed E-state index contributed by atoms with van der Waals surface area (Å²) in [5.41, 5.74) is 2.69. The second kappa shape index (κ2) is 9.13. The van der Waals surface area contributed by atoms with Gasteiger partial charge in [0.1, 0.15) is 5.76 Å². The second-order valence-corrected chi connectivity index (χ2v) is 7.68. The van der Waals surface area contributed by atoms with Gasteiger partial charge in [-0.05, 0) is 51.5 Å². The molecule has 1 unspecified atom stereocenters. The van der Waals surface area contributed by atoms with E-state index in [0.717, 1.165) is 11.1 Å². The van der Waals surface area contributed by atoms with Gasteiger partial charge in [0, 0.05) is 31.9 Å². The molecule has 0 saturated carbocycles. The number of furan rings is 1. The van der Waals surface area contributed by atoms with Crippen LogP contribution in [0.3, 0.4) is 0 Å². The quantitative estimate of drug-likeness (QED) is 0.805. The Hall–Kier alpha value is -3.13. The molecule has 1 atom stereocenters. The van der Waals surface area contributed by atoms with Crippen LogP contribution in [-0.2, 0) is 4.79 Å². The average Bonchev–Trinajstić information content (AvgIpc) is 3.15. The third kappa shape index (κ3) is 5.07. The number of carbonyl (C=O) groups excluding carboxylic acids is 3. The first-order valence-electron chi connectivity index (χ1n) is 10.0. The number of benzene rings is 1. The van der Waals surface area contributed by atoms with Crippen molar-refractivity contribution < 1.29 is 18.8 Å². The standard InChI is InChI=1S/C22H28N4O4/c1-14-5-7-18(15(2)13-14)23-22(29)24-20(27)17(4)25-9-11-26(12-10-25)21(28)19-8-6-16(3)30-19/h5-8,13,17H,9-12H2,1-4H3,(H2,23,24,27,29). The van der Waals surface area contributed by atoms with Crippen LogP contribution < -0.4 is 10.6 Å². The van der Waals surface area contributed by atoms with E-state index < -0.39 is 12.1 Å². The molecular weight excluding hydrogens is 384 g/mol. The molecule has 8 heteroatoms. The SMILES string of the molecule is Cc1ccc(NC(=O)NC(=O)C(C)N2CCN(C(=O)c3ccc(C)o3)CC2)c(C)c1. The molecule has 3 rings (SSSR count). The zero-order valence-electron chi connectivity index (χ0n) is 17.8. The highest BCUT2D eigenvalue weighted by Crippen LogP contribution is 2.16. The van der Waals surface area contributed by atoms with Crippen LogP contribution in [0.5, 0.6) is 0 Å². The van der Waals surface area contributed by atoms with Crippen molar-refractivity contribution in [2.75, 3.05) is 31.5 Å². The number of anilines is 1. The molecule has 1 aromatic heterocycles. The van der Waals surface area contributed by atoms with Crippen LogP contribution in [0.15, 0.2) is 34.7 Å². The van der Waals surface area contributed by atoms with Gasteiger partial charge in [-0.2, -0.15) is 0 Å². The number of hydrogen-bond acceptors (Lipinski definition) is 5. The highest BCUT2D eigenvalue weighted by atomic mass is 16.3. The molecule has 30 heavy (non-hydrogen) atoms. The minimum Gasteiger partial charge on any atom is -0.456 e. The summed E-state index contributed by atoms with van der Waals surface area (Å²) < 4.78 is 5.41. The van der Waals surface area contributed by atoms with Gasteiger partial charge in [0.05, 0.1) is 6.04 Å². The van der Waals surface area contributed by atoms with E-state index in [4.69, 9.17) is 4.42 Å². The lowest BCUT2D eigenvalue weighted by molar-refractivity contribution is -0.125. The van der Waals surface area contributed by atoms with Crippen LogP contribution in [0.2, 0.25) is 0 Å². The van der Waals surface area contributed by atoms with Crippen molar-refractivity contribution in [1.29, 1.82) is 0 Å². The molecule has 0 spiro atoms.